The summed E-state index contributed by atoms with van der Waals surface area (Å²) >= 11 is 0. The van der Waals surface area contributed by atoms with Crippen molar-refractivity contribution in [2.24, 2.45) is 0 Å². The molecule has 0 N–H and O–H groups in total. The van der Waals surface area contributed by atoms with Gasteiger partial charge in [0.1, 0.15) is 12.4 Å². The highest BCUT2D eigenvalue weighted by molar-refractivity contribution is 5.60. The van der Waals surface area contributed by atoms with Crippen molar-refractivity contribution < 1.29 is 18.4 Å². The third kappa shape index (κ3) is 3.77. The monoisotopic (exact) mass is 396 g/mol. The van der Waals surface area contributed by atoms with Gasteiger partial charge in [-0.1, -0.05) is 5.16 Å². The summed E-state index contributed by atoms with van der Waals surface area (Å²) in [5, 5.41) is 16.3. The Balaban J connectivity index is 1.53. The van der Waals surface area contributed by atoms with E-state index in [0.29, 0.717) is 45.7 Å². The summed E-state index contributed by atoms with van der Waals surface area (Å²) in [5.74, 6) is 1.98. The van der Waals surface area contributed by atoms with Crippen molar-refractivity contribution in [2.45, 2.75) is 13.5 Å². The van der Waals surface area contributed by atoms with Crippen LogP contribution < -0.4 is 9.47 Å². The Kier molecular flexibility index (Phi) is 4.90. The molecule has 0 saturated heterocycles. The molecule has 0 radical (unpaired) electrons. The third-order valence-corrected chi connectivity index (χ3v) is 4.26. The number of ether oxygens (including phenoxy) is 2. The summed E-state index contributed by atoms with van der Waals surface area (Å²) in [6, 6.07) is 9.97. The van der Waals surface area contributed by atoms with Crippen molar-refractivity contribution in [3.63, 3.8) is 0 Å². The van der Waals surface area contributed by atoms with Gasteiger partial charge in [0.2, 0.25) is 11.6 Å². The molecule has 2 aromatic carbocycles. The van der Waals surface area contributed by atoms with Gasteiger partial charge in [0.25, 0.3) is 5.89 Å². The molecule has 4 rings (SSSR count). The molecule has 0 unspecified atom stereocenters. The minimum Gasteiger partial charge on any atom is -0.493 e. The van der Waals surface area contributed by atoms with Crippen molar-refractivity contribution >= 4 is 0 Å². The van der Waals surface area contributed by atoms with Crippen LogP contribution in [-0.4, -0.2) is 44.6 Å². The number of aromatic nitrogens is 6. The molecule has 0 spiro atoms. The molecule has 10 heteroatoms. The minimum atomic E-state index is -0.283. The molecule has 0 bridgehead atoms. The first-order chi connectivity index (χ1) is 14.1. The van der Waals surface area contributed by atoms with Crippen molar-refractivity contribution in [2.75, 3.05) is 14.2 Å². The van der Waals surface area contributed by atoms with Gasteiger partial charge in [-0.25, -0.2) is 4.39 Å². The summed E-state index contributed by atoms with van der Waals surface area (Å²) < 4.78 is 29.2. The van der Waals surface area contributed by atoms with Gasteiger partial charge in [-0.15, -0.1) is 10.2 Å². The van der Waals surface area contributed by atoms with E-state index in [2.05, 4.69) is 25.6 Å². The lowest BCUT2D eigenvalue weighted by Crippen LogP contribution is -2.04. The molecule has 29 heavy (non-hydrogen) atoms. The number of methoxy groups -OCH3 is 2. The van der Waals surface area contributed by atoms with Crippen LogP contribution >= 0.6 is 0 Å². The van der Waals surface area contributed by atoms with Crippen molar-refractivity contribution in [3.05, 3.63) is 53.7 Å². The summed E-state index contributed by atoms with van der Waals surface area (Å²) in [5.41, 5.74) is 1.90. The molecule has 0 atom stereocenters. The van der Waals surface area contributed by atoms with Crippen molar-refractivity contribution in [1.82, 2.24) is 30.3 Å². The number of tetrazole rings is 1. The molecule has 148 valence electrons. The number of hydrogen-bond acceptors (Lipinski definition) is 8. The predicted molar refractivity (Wildman–Crippen MR) is 99.9 cm³/mol. The van der Waals surface area contributed by atoms with Crippen molar-refractivity contribution in [1.29, 1.82) is 0 Å². The number of hydrogen-bond donors (Lipinski definition) is 0. The molecule has 9 nitrogen and oxygen atoms in total. The van der Waals surface area contributed by atoms with Crippen LogP contribution in [0.1, 0.15) is 11.5 Å². The second-order valence-electron chi connectivity index (χ2n) is 6.19. The normalized spacial score (nSPS) is 10.9. The van der Waals surface area contributed by atoms with Crippen LogP contribution in [0.5, 0.6) is 11.5 Å². The lowest BCUT2D eigenvalue weighted by atomic mass is 10.1. The molecule has 2 aromatic heterocycles. The van der Waals surface area contributed by atoms with E-state index in [0.717, 1.165) is 0 Å². The molecule has 0 saturated carbocycles. The second-order valence-corrected chi connectivity index (χ2v) is 6.19. The van der Waals surface area contributed by atoms with Crippen LogP contribution in [-0.2, 0) is 6.54 Å². The highest BCUT2D eigenvalue weighted by Gasteiger charge is 2.14. The number of aryl methyl sites for hydroxylation is 1. The number of nitrogens with zero attached hydrogens (tertiary/aromatic N) is 6. The molecule has 0 amide bonds. The summed E-state index contributed by atoms with van der Waals surface area (Å²) in [6.45, 7) is 1.82. The topological polar surface area (TPSA) is 101 Å². The predicted octanol–water partition coefficient (Wildman–Crippen LogP) is 2.90. The maximum Gasteiger partial charge on any atom is 0.250 e. The number of halogens is 1. The SMILES string of the molecule is COc1ccc(-c2noc(Cn3nnc(-c4ccc(F)c(C)c4)n3)n2)cc1OC. The average molecular weight is 396 g/mol. The standard InChI is InChI=1S/C19H17FN6O3/c1-11-8-12(4-6-14(11)20)19-22-25-26(23-19)10-17-21-18(24-29-17)13-5-7-15(27-2)16(9-13)28-3/h4-9H,10H2,1-3H3. The van der Waals surface area contributed by atoms with E-state index in [4.69, 9.17) is 14.0 Å². The van der Waals surface area contributed by atoms with E-state index in [9.17, 15) is 4.39 Å². The quantitative estimate of drug-likeness (QED) is 0.490. The fourth-order valence-corrected chi connectivity index (χ4v) is 2.74. The molecule has 0 fully saturated rings. The largest absolute Gasteiger partial charge is 0.493 e. The van der Waals surface area contributed by atoms with Crippen molar-refractivity contribution in [3.8, 4) is 34.3 Å². The smallest absolute Gasteiger partial charge is 0.250 e. The average Bonchev–Trinajstić information content (AvgIpc) is 3.39. The zero-order chi connectivity index (χ0) is 20.4. The van der Waals surface area contributed by atoms with Crippen LogP contribution in [0, 0.1) is 12.7 Å². The Bertz CT molecular complexity index is 1160. The van der Waals surface area contributed by atoms with Gasteiger partial charge in [0, 0.05) is 11.1 Å². The highest BCUT2D eigenvalue weighted by atomic mass is 19.1. The maximum atomic E-state index is 13.4. The highest BCUT2D eigenvalue weighted by Crippen LogP contribution is 2.31. The Labute approximate surface area is 165 Å². The fraction of sp³-hybridized carbons (Fsp3) is 0.211. The van der Waals surface area contributed by atoms with Gasteiger partial charge in [0.15, 0.2) is 11.5 Å². The fourth-order valence-electron chi connectivity index (χ4n) is 2.74. The van der Waals surface area contributed by atoms with Crippen LogP contribution in [0.2, 0.25) is 0 Å². The first kappa shape index (κ1) is 18.5. The summed E-state index contributed by atoms with van der Waals surface area (Å²) in [6.07, 6.45) is 0. The molecular formula is C19H17FN6O3. The van der Waals surface area contributed by atoms with Crippen LogP contribution in [0.3, 0.4) is 0 Å². The number of rotatable bonds is 6. The van der Waals surface area contributed by atoms with Gasteiger partial charge in [-0.05, 0) is 54.1 Å². The zero-order valence-corrected chi connectivity index (χ0v) is 16.0. The molecule has 0 aliphatic carbocycles. The van der Waals surface area contributed by atoms with Gasteiger partial charge in [-0.3, -0.25) is 0 Å². The Morgan fingerprint density at radius 3 is 2.52 bits per heavy atom. The van der Waals surface area contributed by atoms with E-state index >= 15 is 0 Å². The van der Waals surface area contributed by atoms with E-state index in [-0.39, 0.29) is 12.4 Å². The molecule has 0 aliphatic heterocycles. The maximum absolute atomic E-state index is 13.4. The molecule has 2 heterocycles. The molecule has 0 aliphatic rings. The van der Waals surface area contributed by atoms with Gasteiger partial charge >= 0.3 is 0 Å². The lowest BCUT2D eigenvalue weighted by Gasteiger charge is -2.07. The first-order valence-electron chi connectivity index (χ1n) is 8.66. The van der Waals surface area contributed by atoms with Gasteiger partial charge < -0.3 is 14.0 Å². The van der Waals surface area contributed by atoms with E-state index in [1.807, 2.05) is 0 Å². The Morgan fingerprint density at radius 1 is 1.00 bits per heavy atom. The van der Waals surface area contributed by atoms with Crippen LogP contribution in [0.25, 0.3) is 22.8 Å². The van der Waals surface area contributed by atoms with E-state index in [1.165, 1.54) is 10.9 Å². The molecular weight excluding hydrogens is 379 g/mol. The van der Waals surface area contributed by atoms with E-state index in [1.54, 1.807) is 51.5 Å². The van der Waals surface area contributed by atoms with Crippen LogP contribution in [0.15, 0.2) is 40.9 Å². The van der Waals surface area contributed by atoms with Gasteiger partial charge in [0.05, 0.1) is 14.2 Å². The summed E-state index contributed by atoms with van der Waals surface area (Å²) in [4.78, 5) is 5.70. The lowest BCUT2D eigenvalue weighted by molar-refractivity contribution is 0.354. The number of benzene rings is 2. The second kappa shape index (κ2) is 7.66. The Hall–Kier alpha value is -3.82. The molecule has 4 aromatic rings. The van der Waals surface area contributed by atoms with Gasteiger partial charge in [-0.2, -0.15) is 9.78 Å². The third-order valence-electron chi connectivity index (χ3n) is 4.26. The van der Waals surface area contributed by atoms with E-state index < -0.39 is 0 Å². The Morgan fingerprint density at radius 2 is 1.76 bits per heavy atom. The summed E-state index contributed by atoms with van der Waals surface area (Å²) in [7, 11) is 3.12. The minimum absolute atomic E-state index is 0.146. The van der Waals surface area contributed by atoms with Crippen LogP contribution in [0.4, 0.5) is 4.39 Å². The zero-order valence-electron chi connectivity index (χ0n) is 16.0. The first-order valence-corrected chi connectivity index (χ1v) is 8.66.